The first-order chi connectivity index (χ1) is 13.0. The number of rotatable bonds is 14. The van der Waals surface area contributed by atoms with Crippen LogP contribution in [-0.4, -0.2) is 36.6 Å². The summed E-state index contributed by atoms with van der Waals surface area (Å²) in [4.78, 5) is 10.1. The highest BCUT2D eigenvalue weighted by molar-refractivity contribution is 5.67. The van der Waals surface area contributed by atoms with E-state index in [1.54, 1.807) is 24.3 Å². The lowest BCUT2D eigenvalue weighted by atomic mass is 10.1. The highest BCUT2D eigenvalue weighted by Crippen LogP contribution is 2.16. The lowest BCUT2D eigenvalue weighted by Crippen LogP contribution is -2.50. The van der Waals surface area contributed by atoms with Crippen LogP contribution in [0.1, 0.15) is 84.6 Å². The molecule has 0 fully saturated rings. The molecule has 3 heteroatoms. The quantitative estimate of drug-likeness (QED) is 0.429. The Morgan fingerprint density at radius 1 is 0.741 bits per heavy atom. The summed E-state index contributed by atoms with van der Waals surface area (Å²) in [5.74, 6) is -1.04. The second-order valence-electron chi connectivity index (χ2n) is 7.68. The van der Waals surface area contributed by atoms with E-state index in [2.05, 4.69) is 27.7 Å². The number of carbonyl (C=O) groups is 1. The standard InChI is InChI=1S/C16H36N.C8H8O2/c1-5-9-13-17(14-10-6-2,15-11-7-3)16-12-8-4;9-8(10)6-7-4-2-1-3-5-7/h5-16H2,1-4H3;1-5H,6H2,(H,9,10)/q+1;/p-1. The van der Waals surface area contributed by atoms with E-state index in [-0.39, 0.29) is 6.42 Å². The molecule has 1 aromatic carbocycles. The zero-order chi connectivity index (χ0) is 20.4. The molecule has 0 aliphatic rings. The summed E-state index contributed by atoms with van der Waals surface area (Å²) in [6.45, 7) is 15.0. The summed E-state index contributed by atoms with van der Waals surface area (Å²) >= 11 is 0. The molecule has 0 radical (unpaired) electrons. The van der Waals surface area contributed by atoms with Gasteiger partial charge < -0.3 is 14.4 Å². The minimum Gasteiger partial charge on any atom is -0.550 e. The summed E-state index contributed by atoms with van der Waals surface area (Å²) in [6, 6.07) is 8.97. The fraction of sp³-hybridized carbons (Fsp3) is 0.708. The Kier molecular flexibility index (Phi) is 16.0. The number of nitrogens with zero attached hydrogens (tertiary/aromatic N) is 1. The Bertz CT molecular complexity index is 421. The Morgan fingerprint density at radius 2 is 1.11 bits per heavy atom. The van der Waals surface area contributed by atoms with Crippen LogP contribution in [0.2, 0.25) is 0 Å². The molecule has 0 aliphatic carbocycles. The van der Waals surface area contributed by atoms with E-state index >= 15 is 0 Å². The molecule has 0 aromatic heterocycles. The lowest BCUT2D eigenvalue weighted by Gasteiger charge is -2.39. The molecule has 0 aliphatic heterocycles. The van der Waals surface area contributed by atoms with E-state index in [0.29, 0.717) is 0 Å². The van der Waals surface area contributed by atoms with E-state index in [1.807, 2.05) is 6.07 Å². The monoisotopic (exact) mass is 377 g/mol. The van der Waals surface area contributed by atoms with Gasteiger partial charge in [-0.2, -0.15) is 0 Å². The molecule has 1 rings (SSSR count). The van der Waals surface area contributed by atoms with Crippen molar-refractivity contribution in [2.24, 2.45) is 0 Å². The van der Waals surface area contributed by atoms with Crippen molar-refractivity contribution in [3.63, 3.8) is 0 Å². The van der Waals surface area contributed by atoms with E-state index in [0.717, 1.165) is 5.56 Å². The maximum Gasteiger partial charge on any atom is 0.0786 e. The van der Waals surface area contributed by atoms with Gasteiger partial charge in [-0.3, -0.25) is 0 Å². The van der Waals surface area contributed by atoms with Crippen LogP contribution < -0.4 is 5.11 Å². The predicted octanol–water partition coefficient (Wildman–Crippen LogP) is 4.98. The third-order valence-corrected chi connectivity index (χ3v) is 5.14. The van der Waals surface area contributed by atoms with Crippen LogP contribution in [0.3, 0.4) is 0 Å². The van der Waals surface area contributed by atoms with Gasteiger partial charge in [0.25, 0.3) is 0 Å². The number of quaternary nitrogens is 1. The number of carboxylic acids is 1. The van der Waals surface area contributed by atoms with Gasteiger partial charge in [0.05, 0.1) is 26.2 Å². The molecule has 0 heterocycles. The summed E-state index contributed by atoms with van der Waals surface area (Å²) in [5, 5.41) is 10.1. The van der Waals surface area contributed by atoms with E-state index < -0.39 is 5.97 Å². The molecular formula is C24H43NO2. The van der Waals surface area contributed by atoms with Gasteiger partial charge in [0, 0.05) is 12.4 Å². The average Bonchev–Trinajstić information content (AvgIpc) is 2.68. The van der Waals surface area contributed by atoms with E-state index in [1.165, 1.54) is 82.0 Å². The van der Waals surface area contributed by atoms with Crippen LogP contribution in [0.15, 0.2) is 30.3 Å². The number of hydrogen-bond acceptors (Lipinski definition) is 2. The molecule has 3 nitrogen and oxygen atoms in total. The minimum absolute atomic E-state index is 0.000833. The van der Waals surface area contributed by atoms with Gasteiger partial charge in [0.2, 0.25) is 0 Å². The lowest BCUT2D eigenvalue weighted by molar-refractivity contribution is -0.929. The summed E-state index contributed by atoms with van der Waals surface area (Å²) < 4.78 is 1.42. The molecule has 0 amide bonds. The Balaban J connectivity index is 0.000000569. The topological polar surface area (TPSA) is 40.1 Å². The molecule has 0 N–H and O–H groups in total. The summed E-state index contributed by atoms with van der Waals surface area (Å²) in [6.07, 6.45) is 11.1. The van der Waals surface area contributed by atoms with Crippen molar-refractivity contribution in [1.82, 2.24) is 0 Å². The third-order valence-electron chi connectivity index (χ3n) is 5.14. The fourth-order valence-electron chi connectivity index (χ4n) is 3.41. The first-order valence-corrected chi connectivity index (χ1v) is 11.1. The molecule has 0 bridgehead atoms. The SMILES string of the molecule is CCCC[N+](CCCC)(CCCC)CCCC.O=C([O-])Cc1ccccc1. The fourth-order valence-corrected chi connectivity index (χ4v) is 3.41. The average molecular weight is 378 g/mol. The molecule has 156 valence electrons. The molecule has 1 aromatic rings. The highest BCUT2D eigenvalue weighted by atomic mass is 16.4. The Labute approximate surface area is 168 Å². The van der Waals surface area contributed by atoms with Crippen molar-refractivity contribution >= 4 is 5.97 Å². The number of carboxylic acid groups (broad SMARTS) is 1. The van der Waals surface area contributed by atoms with Crippen molar-refractivity contribution in [2.75, 3.05) is 26.2 Å². The van der Waals surface area contributed by atoms with Gasteiger partial charge in [-0.1, -0.05) is 83.7 Å². The normalized spacial score (nSPS) is 11.0. The van der Waals surface area contributed by atoms with Crippen LogP contribution in [0.4, 0.5) is 0 Å². The zero-order valence-electron chi connectivity index (χ0n) is 18.3. The molecule has 0 saturated heterocycles. The molecule has 0 saturated carbocycles. The van der Waals surface area contributed by atoms with Crippen LogP contribution in [-0.2, 0) is 11.2 Å². The maximum absolute atomic E-state index is 10.1. The Hall–Kier alpha value is -1.35. The van der Waals surface area contributed by atoms with Crippen molar-refractivity contribution < 1.29 is 14.4 Å². The largest absolute Gasteiger partial charge is 0.550 e. The van der Waals surface area contributed by atoms with Gasteiger partial charge in [-0.15, -0.1) is 0 Å². The van der Waals surface area contributed by atoms with E-state index in [9.17, 15) is 9.90 Å². The van der Waals surface area contributed by atoms with Crippen LogP contribution in [0.25, 0.3) is 0 Å². The third kappa shape index (κ3) is 13.5. The first-order valence-electron chi connectivity index (χ1n) is 11.1. The number of unbranched alkanes of at least 4 members (excludes halogenated alkanes) is 4. The number of hydrogen-bond donors (Lipinski definition) is 0. The zero-order valence-corrected chi connectivity index (χ0v) is 18.3. The van der Waals surface area contributed by atoms with Crippen molar-refractivity contribution in [3.05, 3.63) is 35.9 Å². The van der Waals surface area contributed by atoms with Gasteiger partial charge in [-0.25, -0.2) is 0 Å². The van der Waals surface area contributed by atoms with Crippen molar-refractivity contribution in [1.29, 1.82) is 0 Å². The second-order valence-corrected chi connectivity index (χ2v) is 7.68. The van der Waals surface area contributed by atoms with E-state index in [4.69, 9.17) is 0 Å². The molecule has 0 unspecified atom stereocenters. The highest BCUT2D eigenvalue weighted by Gasteiger charge is 2.24. The van der Waals surface area contributed by atoms with Gasteiger partial charge in [0.15, 0.2) is 0 Å². The second kappa shape index (κ2) is 16.8. The van der Waals surface area contributed by atoms with Crippen LogP contribution in [0.5, 0.6) is 0 Å². The first kappa shape index (κ1) is 25.6. The molecule has 27 heavy (non-hydrogen) atoms. The summed E-state index contributed by atoms with van der Waals surface area (Å²) in [7, 11) is 0. The van der Waals surface area contributed by atoms with Crippen LogP contribution in [0, 0.1) is 0 Å². The van der Waals surface area contributed by atoms with Gasteiger partial charge in [0.1, 0.15) is 0 Å². The Morgan fingerprint density at radius 3 is 1.41 bits per heavy atom. The maximum atomic E-state index is 10.1. The van der Waals surface area contributed by atoms with Crippen LogP contribution >= 0.6 is 0 Å². The molecular weight excluding hydrogens is 334 g/mol. The predicted molar refractivity (Wildman–Crippen MR) is 115 cm³/mol. The smallest absolute Gasteiger partial charge is 0.0786 e. The van der Waals surface area contributed by atoms with Crippen molar-refractivity contribution in [2.45, 2.75) is 85.5 Å². The number of benzene rings is 1. The summed E-state index contributed by atoms with van der Waals surface area (Å²) in [5.41, 5.74) is 0.780. The molecule has 0 spiro atoms. The van der Waals surface area contributed by atoms with Crippen molar-refractivity contribution in [3.8, 4) is 0 Å². The van der Waals surface area contributed by atoms with Gasteiger partial charge >= 0.3 is 0 Å². The minimum atomic E-state index is -1.04. The van der Waals surface area contributed by atoms with Gasteiger partial charge in [-0.05, 0) is 31.2 Å². The number of aliphatic carboxylic acids is 1. The number of carbonyl (C=O) groups excluding carboxylic acids is 1. The molecule has 0 atom stereocenters.